The number of fused-ring (bicyclic) bond motifs is 2. The Morgan fingerprint density at radius 2 is 1.67 bits per heavy atom. The van der Waals surface area contributed by atoms with Crippen LogP contribution in [0.4, 0.5) is 0 Å². The van der Waals surface area contributed by atoms with Gasteiger partial charge in [-0.2, -0.15) is 0 Å². The monoisotopic (exact) mass is 454 g/mol. The summed E-state index contributed by atoms with van der Waals surface area (Å²) in [5, 5.41) is 8.49. The Labute approximate surface area is 195 Å². The minimum Gasteiger partial charge on any atom is -0.463 e. The molecule has 1 aliphatic heterocycles. The molecule has 0 saturated carbocycles. The van der Waals surface area contributed by atoms with Crippen molar-refractivity contribution < 1.29 is 18.8 Å². The molecule has 0 fully saturated rings. The van der Waals surface area contributed by atoms with Crippen LogP contribution in [0, 0.1) is 5.92 Å². The van der Waals surface area contributed by atoms with Gasteiger partial charge in [0.15, 0.2) is 0 Å². The van der Waals surface area contributed by atoms with Crippen LogP contribution in [0.3, 0.4) is 0 Å². The SMILES string of the molecule is CC(C)C[C@@H]1NC(=O)[C@H](C)NC(=O)[C@H](Cc2ccccc2)N(C)Cc2ccc(o2)CNC1=O. The molecule has 2 aromatic rings. The normalized spacial score (nSPS) is 23.3. The molecule has 0 unspecified atom stereocenters. The fourth-order valence-corrected chi connectivity index (χ4v) is 3.92. The average molecular weight is 455 g/mol. The lowest BCUT2D eigenvalue weighted by Crippen LogP contribution is -2.55. The molecule has 2 heterocycles. The predicted octanol–water partition coefficient (Wildman–Crippen LogP) is 1.99. The summed E-state index contributed by atoms with van der Waals surface area (Å²) in [6.45, 7) is 6.25. The van der Waals surface area contributed by atoms with Crippen molar-refractivity contribution in [2.45, 2.75) is 64.8 Å². The highest BCUT2D eigenvalue weighted by molar-refractivity contribution is 5.92. The number of likely N-dealkylation sites (N-methyl/N-ethyl adjacent to an activating group) is 1. The van der Waals surface area contributed by atoms with Gasteiger partial charge in [0.1, 0.15) is 23.6 Å². The molecular weight excluding hydrogens is 420 g/mol. The van der Waals surface area contributed by atoms with E-state index >= 15 is 0 Å². The van der Waals surface area contributed by atoms with Crippen molar-refractivity contribution in [2.24, 2.45) is 5.92 Å². The number of hydrogen-bond acceptors (Lipinski definition) is 5. The van der Waals surface area contributed by atoms with Gasteiger partial charge >= 0.3 is 0 Å². The highest BCUT2D eigenvalue weighted by Crippen LogP contribution is 2.16. The van der Waals surface area contributed by atoms with E-state index in [0.29, 0.717) is 30.9 Å². The first kappa shape index (κ1) is 24.5. The smallest absolute Gasteiger partial charge is 0.242 e. The molecule has 2 bridgehead atoms. The summed E-state index contributed by atoms with van der Waals surface area (Å²) in [5.74, 6) is 0.599. The molecule has 1 aromatic heterocycles. The molecular formula is C25H34N4O4. The molecule has 0 aliphatic carbocycles. The van der Waals surface area contributed by atoms with Crippen LogP contribution >= 0.6 is 0 Å². The second kappa shape index (κ2) is 11.1. The molecule has 3 rings (SSSR count). The van der Waals surface area contributed by atoms with Crippen LogP contribution in [-0.2, 0) is 33.9 Å². The van der Waals surface area contributed by atoms with Gasteiger partial charge in [-0.3, -0.25) is 19.3 Å². The number of amides is 3. The summed E-state index contributed by atoms with van der Waals surface area (Å²) in [4.78, 5) is 40.8. The highest BCUT2D eigenvalue weighted by atomic mass is 16.3. The molecule has 3 atom stereocenters. The van der Waals surface area contributed by atoms with Crippen molar-refractivity contribution in [1.29, 1.82) is 0 Å². The first-order valence-corrected chi connectivity index (χ1v) is 11.4. The molecule has 0 radical (unpaired) electrons. The second-order valence-electron chi connectivity index (χ2n) is 9.13. The van der Waals surface area contributed by atoms with Gasteiger partial charge in [-0.05, 0) is 50.4 Å². The Morgan fingerprint density at radius 1 is 0.970 bits per heavy atom. The third kappa shape index (κ3) is 6.92. The fraction of sp³-hybridized carbons (Fsp3) is 0.480. The third-order valence-electron chi connectivity index (χ3n) is 5.76. The number of carbonyl (C=O) groups is 3. The van der Waals surface area contributed by atoms with Gasteiger partial charge in [0.2, 0.25) is 17.7 Å². The molecule has 178 valence electrons. The van der Waals surface area contributed by atoms with E-state index in [1.165, 1.54) is 0 Å². The van der Waals surface area contributed by atoms with Crippen molar-refractivity contribution in [3.8, 4) is 0 Å². The fourth-order valence-electron chi connectivity index (χ4n) is 3.92. The van der Waals surface area contributed by atoms with Gasteiger partial charge < -0.3 is 20.4 Å². The average Bonchev–Trinajstić information content (AvgIpc) is 3.22. The van der Waals surface area contributed by atoms with E-state index in [1.54, 1.807) is 6.92 Å². The molecule has 8 nitrogen and oxygen atoms in total. The lowest BCUT2D eigenvalue weighted by molar-refractivity contribution is -0.133. The molecule has 1 aromatic carbocycles. The second-order valence-corrected chi connectivity index (χ2v) is 9.13. The van der Waals surface area contributed by atoms with E-state index in [0.717, 1.165) is 5.56 Å². The molecule has 3 N–H and O–H groups in total. The van der Waals surface area contributed by atoms with Gasteiger partial charge in [0.25, 0.3) is 0 Å². The summed E-state index contributed by atoms with van der Waals surface area (Å²) >= 11 is 0. The van der Waals surface area contributed by atoms with E-state index in [-0.39, 0.29) is 30.2 Å². The van der Waals surface area contributed by atoms with Crippen molar-refractivity contribution in [3.63, 3.8) is 0 Å². The number of benzene rings is 1. The van der Waals surface area contributed by atoms with Crippen LogP contribution in [0.25, 0.3) is 0 Å². The molecule has 8 heteroatoms. The minimum absolute atomic E-state index is 0.201. The number of nitrogens with one attached hydrogen (secondary N) is 3. The van der Waals surface area contributed by atoms with Crippen molar-refractivity contribution >= 4 is 17.7 Å². The highest BCUT2D eigenvalue weighted by Gasteiger charge is 2.30. The van der Waals surface area contributed by atoms with Gasteiger partial charge in [-0.1, -0.05) is 44.2 Å². The van der Waals surface area contributed by atoms with E-state index in [2.05, 4.69) is 16.0 Å². The van der Waals surface area contributed by atoms with E-state index < -0.39 is 18.1 Å². The van der Waals surface area contributed by atoms with E-state index in [4.69, 9.17) is 4.42 Å². The first-order valence-electron chi connectivity index (χ1n) is 11.4. The van der Waals surface area contributed by atoms with E-state index in [1.807, 2.05) is 68.3 Å². The molecule has 0 spiro atoms. The van der Waals surface area contributed by atoms with Gasteiger partial charge in [-0.25, -0.2) is 0 Å². The summed E-state index contributed by atoms with van der Waals surface area (Å²) < 4.78 is 5.90. The van der Waals surface area contributed by atoms with Gasteiger partial charge in [-0.15, -0.1) is 0 Å². The van der Waals surface area contributed by atoms with Gasteiger partial charge in [0, 0.05) is 0 Å². The summed E-state index contributed by atoms with van der Waals surface area (Å²) in [6.07, 6.45) is 0.974. The van der Waals surface area contributed by atoms with Crippen LogP contribution in [0.1, 0.15) is 44.3 Å². The number of hydrogen-bond donors (Lipinski definition) is 3. The number of carbonyl (C=O) groups excluding carboxylic acids is 3. The Kier molecular flexibility index (Phi) is 8.27. The topological polar surface area (TPSA) is 104 Å². The van der Waals surface area contributed by atoms with Crippen LogP contribution in [0.5, 0.6) is 0 Å². The third-order valence-corrected chi connectivity index (χ3v) is 5.76. The quantitative estimate of drug-likeness (QED) is 0.656. The number of rotatable bonds is 4. The maximum absolute atomic E-state index is 13.3. The largest absolute Gasteiger partial charge is 0.463 e. The van der Waals surface area contributed by atoms with E-state index in [9.17, 15) is 14.4 Å². The van der Waals surface area contributed by atoms with Crippen LogP contribution in [-0.4, -0.2) is 47.8 Å². The Bertz CT molecular complexity index is 956. The van der Waals surface area contributed by atoms with Gasteiger partial charge in [0.05, 0.1) is 19.1 Å². The Balaban J connectivity index is 1.87. The maximum Gasteiger partial charge on any atom is 0.242 e. The summed E-state index contributed by atoms with van der Waals surface area (Å²) in [5.41, 5.74) is 1.02. The Hall–Kier alpha value is -3.13. The molecule has 0 saturated heterocycles. The summed E-state index contributed by atoms with van der Waals surface area (Å²) in [6, 6.07) is 11.5. The lowest BCUT2D eigenvalue weighted by Gasteiger charge is -2.28. The zero-order chi connectivity index (χ0) is 24.0. The lowest BCUT2D eigenvalue weighted by atomic mass is 10.0. The predicted molar refractivity (Wildman–Crippen MR) is 125 cm³/mol. The van der Waals surface area contributed by atoms with Crippen LogP contribution in [0.15, 0.2) is 46.9 Å². The van der Waals surface area contributed by atoms with Crippen molar-refractivity contribution in [2.75, 3.05) is 7.05 Å². The zero-order valence-electron chi connectivity index (χ0n) is 19.8. The van der Waals surface area contributed by atoms with Crippen LogP contribution in [0.2, 0.25) is 0 Å². The van der Waals surface area contributed by atoms with Crippen molar-refractivity contribution in [1.82, 2.24) is 20.9 Å². The molecule has 1 aliphatic rings. The molecule has 3 amide bonds. The van der Waals surface area contributed by atoms with Crippen molar-refractivity contribution in [3.05, 3.63) is 59.5 Å². The van der Waals surface area contributed by atoms with Crippen LogP contribution < -0.4 is 16.0 Å². The summed E-state index contributed by atoms with van der Waals surface area (Å²) in [7, 11) is 1.86. The maximum atomic E-state index is 13.3. The minimum atomic E-state index is -0.786. The standard InChI is InChI=1S/C25H34N4O4/c1-16(2)12-21-24(31)26-14-19-10-11-20(33-19)15-29(4)22(13-18-8-6-5-7-9-18)25(32)27-17(3)23(30)28-21/h5-11,16-17,21-22H,12-15H2,1-4H3,(H,26,31)(H,27,32)(H,28,30)/t17-,21-,22-/m0/s1. The first-order chi connectivity index (χ1) is 15.7. The number of nitrogens with zero attached hydrogens (tertiary/aromatic N) is 1. The molecule has 33 heavy (non-hydrogen) atoms. The zero-order valence-corrected chi connectivity index (χ0v) is 19.8. The number of furan rings is 1. The Morgan fingerprint density at radius 3 is 2.36 bits per heavy atom.